The van der Waals surface area contributed by atoms with Gasteiger partial charge in [0.25, 0.3) is 5.91 Å². The van der Waals surface area contributed by atoms with Crippen molar-refractivity contribution < 1.29 is 19.1 Å². The summed E-state index contributed by atoms with van der Waals surface area (Å²) in [6.07, 6.45) is 0.897. The minimum absolute atomic E-state index is 0.0717. The van der Waals surface area contributed by atoms with E-state index in [-0.39, 0.29) is 18.6 Å². The van der Waals surface area contributed by atoms with Crippen LogP contribution in [0.3, 0.4) is 0 Å². The fraction of sp³-hybridized carbons (Fsp3) is 0.308. The maximum atomic E-state index is 13.8. The lowest BCUT2D eigenvalue weighted by molar-refractivity contribution is -0.123. The normalized spacial score (nSPS) is 19.0. The average Bonchev–Trinajstić information content (AvgIpc) is 3.50. The highest BCUT2D eigenvalue weighted by Gasteiger charge is 2.45. The lowest BCUT2D eigenvalue weighted by Crippen LogP contribution is -2.47. The van der Waals surface area contributed by atoms with E-state index in [4.69, 9.17) is 9.47 Å². The molecule has 0 fully saturated rings. The van der Waals surface area contributed by atoms with Crippen molar-refractivity contribution in [2.45, 2.75) is 32.2 Å². The van der Waals surface area contributed by atoms with Crippen LogP contribution in [0.25, 0.3) is 0 Å². The van der Waals surface area contributed by atoms with Gasteiger partial charge in [0.15, 0.2) is 11.5 Å². The predicted octanol–water partition coefficient (Wildman–Crippen LogP) is 5.12. The summed E-state index contributed by atoms with van der Waals surface area (Å²) in [6, 6.07) is 14.4. The second-order valence-electron chi connectivity index (χ2n) is 8.75. The number of hydrogen-bond donors (Lipinski definition) is 1. The van der Waals surface area contributed by atoms with E-state index in [1.165, 1.54) is 0 Å². The SMILES string of the molecule is CC(C)CCNC(=O)[C@@H]1c2ccccc2C(=O)N(c2ccc3c(c2)OCO3)[C@@H]1c1ccsc1. The number of ether oxygens (including phenoxy) is 2. The van der Waals surface area contributed by atoms with Gasteiger partial charge in [0.05, 0.1) is 12.0 Å². The van der Waals surface area contributed by atoms with Crippen molar-refractivity contribution in [3.63, 3.8) is 0 Å². The molecule has 170 valence electrons. The molecule has 2 aromatic carbocycles. The van der Waals surface area contributed by atoms with Crippen LogP contribution >= 0.6 is 11.3 Å². The Labute approximate surface area is 197 Å². The number of fused-ring (bicyclic) bond motifs is 2. The molecule has 0 spiro atoms. The van der Waals surface area contributed by atoms with Gasteiger partial charge >= 0.3 is 0 Å². The van der Waals surface area contributed by atoms with Crippen LogP contribution in [-0.4, -0.2) is 25.2 Å². The Bertz CT molecular complexity index is 1170. The monoisotopic (exact) mass is 462 g/mol. The number of nitrogens with one attached hydrogen (secondary N) is 1. The molecule has 2 atom stereocenters. The first kappa shape index (κ1) is 21.5. The molecule has 3 aromatic rings. The molecule has 0 radical (unpaired) electrons. The van der Waals surface area contributed by atoms with E-state index in [1.54, 1.807) is 22.3 Å². The third-order valence-electron chi connectivity index (χ3n) is 6.16. The molecule has 33 heavy (non-hydrogen) atoms. The zero-order valence-electron chi connectivity index (χ0n) is 18.6. The van der Waals surface area contributed by atoms with E-state index in [2.05, 4.69) is 19.2 Å². The minimum Gasteiger partial charge on any atom is -0.454 e. The smallest absolute Gasteiger partial charge is 0.259 e. The van der Waals surface area contributed by atoms with Crippen LogP contribution in [-0.2, 0) is 4.79 Å². The van der Waals surface area contributed by atoms with Gasteiger partial charge in [0.2, 0.25) is 12.7 Å². The molecular weight excluding hydrogens is 436 g/mol. The van der Waals surface area contributed by atoms with Gasteiger partial charge in [-0.2, -0.15) is 11.3 Å². The van der Waals surface area contributed by atoms with Crippen molar-refractivity contribution in [2.75, 3.05) is 18.2 Å². The van der Waals surface area contributed by atoms with Gasteiger partial charge in [-0.3, -0.25) is 14.5 Å². The molecule has 0 saturated heterocycles. The first-order chi connectivity index (χ1) is 16.0. The Balaban J connectivity index is 1.62. The van der Waals surface area contributed by atoms with Crippen molar-refractivity contribution in [3.8, 4) is 11.5 Å². The van der Waals surface area contributed by atoms with Crippen LogP contribution in [0.15, 0.2) is 59.3 Å². The highest BCUT2D eigenvalue weighted by Crippen LogP contribution is 2.47. The number of benzene rings is 2. The molecule has 3 heterocycles. The maximum absolute atomic E-state index is 13.8. The molecule has 0 unspecified atom stereocenters. The standard InChI is InChI=1S/C26H26N2O4S/c1-16(2)9-11-27-25(29)23-19-5-3-4-6-20(19)26(30)28(24(23)17-10-12-33-14-17)18-7-8-21-22(13-18)32-15-31-21/h3-8,10,12-14,16,23-24H,9,11,15H2,1-2H3,(H,27,29)/t23-,24-/m1/s1. The van der Waals surface area contributed by atoms with Gasteiger partial charge in [-0.1, -0.05) is 32.0 Å². The molecule has 6 nitrogen and oxygen atoms in total. The molecule has 0 aliphatic carbocycles. The summed E-state index contributed by atoms with van der Waals surface area (Å²) in [5, 5.41) is 7.12. The highest BCUT2D eigenvalue weighted by molar-refractivity contribution is 7.08. The van der Waals surface area contributed by atoms with Crippen molar-refractivity contribution in [1.29, 1.82) is 0 Å². The Morgan fingerprint density at radius 2 is 1.97 bits per heavy atom. The van der Waals surface area contributed by atoms with E-state index in [9.17, 15) is 9.59 Å². The fourth-order valence-electron chi connectivity index (χ4n) is 4.51. The first-order valence-corrected chi connectivity index (χ1v) is 12.1. The lowest BCUT2D eigenvalue weighted by Gasteiger charge is -2.41. The second-order valence-corrected chi connectivity index (χ2v) is 9.53. The van der Waals surface area contributed by atoms with Crippen molar-refractivity contribution in [1.82, 2.24) is 5.32 Å². The van der Waals surface area contributed by atoms with Crippen LogP contribution in [0, 0.1) is 5.92 Å². The van der Waals surface area contributed by atoms with Crippen LogP contribution < -0.4 is 19.7 Å². The third-order valence-corrected chi connectivity index (χ3v) is 6.86. The summed E-state index contributed by atoms with van der Waals surface area (Å²) in [4.78, 5) is 29.2. The average molecular weight is 463 g/mol. The molecule has 7 heteroatoms. The van der Waals surface area contributed by atoms with Crippen LogP contribution in [0.4, 0.5) is 5.69 Å². The molecule has 1 N–H and O–H groups in total. The fourth-order valence-corrected chi connectivity index (χ4v) is 5.20. The first-order valence-electron chi connectivity index (χ1n) is 11.2. The number of carbonyl (C=O) groups is 2. The van der Waals surface area contributed by atoms with Gasteiger partial charge in [-0.15, -0.1) is 0 Å². The number of rotatable bonds is 6. The second kappa shape index (κ2) is 8.90. The summed E-state index contributed by atoms with van der Waals surface area (Å²) >= 11 is 1.55. The molecule has 2 aliphatic rings. The Hall–Kier alpha value is -3.32. The summed E-state index contributed by atoms with van der Waals surface area (Å²) in [7, 11) is 0. The molecule has 2 aliphatic heterocycles. The van der Waals surface area contributed by atoms with Crippen molar-refractivity contribution in [2.24, 2.45) is 5.92 Å². The Morgan fingerprint density at radius 3 is 2.76 bits per heavy atom. The van der Waals surface area contributed by atoms with Gasteiger partial charge < -0.3 is 14.8 Å². The minimum atomic E-state index is -0.536. The topological polar surface area (TPSA) is 67.9 Å². The third kappa shape index (κ3) is 3.97. The van der Waals surface area contributed by atoms with Gasteiger partial charge in [0, 0.05) is 23.9 Å². The van der Waals surface area contributed by atoms with E-state index in [1.807, 2.05) is 53.2 Å². The van der Waals surface area contributed by atoms with Gasteiger partial charge in [-0.05, 0) is 58.5 Å². The lowest BCUT2D eigenvalue weighted by atomic mass is 9.79. The number of hydrogen-bond acceptors (Lipinski definition) is 5. The van der Waals surface area contributed by atoms with Gasteiger partial charge in [0.1, 0.15) is 0 Å². The van der Waals surface area contributed by atoms with E-state index < -0.39 is 12.0 Å². The zero-order valence-corrected chi connectivity index (χ0v) is 19.4. The van der Waals surface area contributed by atoms with Crippen molar-refractivity contribution >= 4 is 28.8 Å². The number of carbonyl (C=O) groups excluding carboxylic acids is 2. The van der Waals surface area contributed by atoms with E-state index >= 15 is 0 Å². The highest BCUT2D eigenvalue weighted by atomic mass is 32.1. The van der Waals surface area contributed by atoms with E-state index in [0.29, 0.717) is 35.2 Å². The largest absolute Gasteiger partial charge is 0.454 e. The number of anilines is 1. The quantitative estimate of drug-likeness (QED) is 0.552. The summed E-state index contributed by atoms with van der Waals surface area (Å²) in [6.45, 7) is 5.03. The number of amides is 2. The van der Waals surface area contributed by atoms with E-state index in [0.717, 1.165) is 17.5 Å². The summed E-state index contributed by atoms with van der Waals surface area (Å²) < 4.78 is 11.0. The Morgan fingerprint density at radius 1 is 1.15 bits per heavy atom. The zero-order chi connectivity index (χ0) is 22.9. The molecule has 0 saturated carbocycles. The Kier molecular flexibility index (Phi) is 5.81. The molecule has 2 amide bonds. The molecule has 0 bridgehead atoms. The summed E-state index contributed by atoms with van der Waals surface area (Å²) in [5.41, 5.74) is 2.92. The molecule has 5 rings (SSSR count). The molecule has 1 aromatic heterocycles. The van der Waals surface area contributed by atoms with Crippen molar-refractivity contribution in [3.05, 3.63) is 76.0 Å². The molecular formula is C26H26N2O4S. The van der Waals surface area contributed by atoms with Crippen LogP contribution in [0.1, 0.15) is 53.7 Å². The summed E-state index contributed by atoms with van der Waals surface area (Å²) in [5.74, 6) is 0.999. The van der Waals surface area contributed by atoms with Gasteiger partial charge in [-0.25, -0.2) is 0 Å². The van der Waals surface area contributed by atoms with Crippen LogP contribution in [0.2, 0.25) is 0 Å². The number of nitrogens with zero attached hydrogens (tertiary/aromatic N) is 1. The predicted molar refractivity (Wildman–Crippen MR) is 128 cm³/mol. The number of thiophene rings is 1. The maximum Gasteiger partial charge on any atom is 0.259 e. The van der Waals surface area contributed by atoms with Crippen LogP contribution in [0.5, 0.6) is 11.5 Å².